The second-order valence-corrected chi connectivity index (χ2v) is 4.92. The quantitative estimate of drug-likeness (QED) is 0.843. The van der Waals surface area contributed by atoms with Gasteiger partial charge in [0.1, 0.15) is 0 Å². The number of nitrogens with zero attached hydrogens (tertiary/aromatic N) is 2. The highest BCUT2D eigenvalue weighted by Crippen LogP contribution is 2.23. The lowest BCUT2D eigenvalue weighted by Gasteiger charge is -2.37. The van der Waals surface area contributed by atoms with Crippen LogP contribution in [-0.4, -0.2) is 55.0 Å². The SMILES string of the molecule is COC(=O)N1CCN(C(C(C)=O)c2ccccc2)CC1. The van der Waals surface area contributed by atoms with Gasteiger partial charge in [-0.05, 0) is 12.5 Å². The van der Waals surface area contributed by atoms with E-state index in [1.165, 1.54) is 7.11 Å². The van der Waals surface area contributed by atoms with Gasteiger partial charge in [-0.25, -0.2) is 4.79 Å². The molecule has 1 fully saturated rings. The normalized spacial score (nSPS) is 17.6. The molecule has 1 aromatic carbocycles. The van der Waals surface area contributed by atoms with Gasteiger partial charge in [0.05, 0.1) is 13.2 Å². The number of ketones is 1. The number of methoxy groups -OCH3 is 1. The molecule has 1 amide bonds. The molecule has 0 aliphatic carbocycles. The van der Waals surface area contributed by atoms with E-state index in [-0.39, 0.29) is 17.9 Å². The summed E-state index contributed by atoms with van der Waals surface area (Å²) in [5.74, 6) is 0.128. The molecule has 5 nitrogen and oxygen atoms in total. The molecule has 1 saturated heterocycles. The standard InChI is InChI=1S/C15H20N2O3/c1-12(18)14(13-6-4-3-5-7-13)16-8-10-17(11-9-16)15(19)20-2/h3-7,14H,8-11H2,1-2H3. The second kappa shape index (κ2) is 6.52. The molecule has 0 radical (unpaired) electrons. The summed E-state index contributed by atoms with van der Waals surface area (Å²) in [6, 6.07) is 9.54. The Kier molecular flexibility index (Phi) is 4.74. The Balaban J connectivity index is 2.06. The van der Waals surface area contributed by atoms with E-state index in [2.05, 4.69) is 4.90 Å². The van der Waals surface area contributed by atoms with E-state index in [1.54, 1.807) is 11.8 Å². The number of carbonyl (C=O) groups excluding carboxylic acids is 2. The van der Waals surface area contributed by atoms with Crippen LogP contribution in [0.4, 0.5) is 4.79 Å². The molecule has 1 unspecified atom stereocenters. The van der Waals surface area contributed by atoms with E-state index in [4.69, 9.17) is 4.74 Å². The Morgan fingerprint density at radius 1 is 1.10 bits per heavy atom. The number of benzene rings is 1. The number of piperazine rings is 1. The van der Waals surface area contributed by atoms with Crippen LogP contribution in [0.15, 0.2) is 30.3 Å². The number of rotatable bonds is 3. The van der Waals surface area contributed by atoms with Crippen molar-refractivity contribution < 1.29 is 14.3 Å². The van der Waals surface area contributed by atoms with E-state index in [0.717, 1.165) is 5.56 Å². The molecule has 20 heavy (non-hydrogen) atoms. The van der Waals surface area contributed by atoms with E-state index in [1.807, 2.05) is 30.3 Å². The molecule has 0 N–H and O–H groups in total. The molecule has 5 heteroatoms. The maximum absolute atomic E-state index is 12.0. The van der Waals surface area contributed by atoms with Crippen molar-refractivity contribution in [1.82, 2.24) is 9.80 Å². The van der Waals surface area contributed by atoms with Crippen molar-refractivity contribution in [1.29, 1.82) is 0 Å². The summed E-state index contributed by atoms with van der Waals surface area (Å²) in [5.41, 5.74) is 1.01. The van der Waals surface area contributed by atoms with E-state index >= 15 is 0 Å². The zero-order valence-corrected chi connectivity index (χ0v) is 11.9. The third-order valence-electron chi connectivity index (χ3n) is 3.61. The molecule has 1 aliphatic heterocycles. The van der Waals surface area contributed by atoms with Crippen molar-refractivity contribution in [2.24, 2.45) is 0 Å². The Labute approximate surface area is 119 Å². The van der Waals surface area contributed by atoms with Crippen LogP contribution in [-0.2, 0) is 9.53 Å². The lowest BCUT2D eigenvalue weighted by atomic mass is 10.0. The molecule has 1 atom stereocenters. The van der Waals surface area contributed by atoms with Gasteiger partial charge in [0.2, 0.25) is 0 Å². The van der Waals surface area contributed by atoms with Gasteiger partial charge in [0.15, 0.2) is 5.78 Å². The van der Waals surface area contributed by atoms with Crippen LogP contribution in [0.5, 0.6) is 0 Å². The molecule has 0 bridgehead atoms. The van der Waals surface area contributed by atoms with Gasteiger partial charge >= 0.3 is 6.09 Å². The van der Waals surface area contributed by atoms with Gasteiger partial charge in [-0.2, -0.15) is 0 Å². The monoisotopic (exact) mass is 276 g/mol. The van der Waals surface area contributed by atoms with Gasteiger partial charge in [-0.15, -0.1) is 0 Å². The number of hydrogen-bond donors (Lipinski definition) is 0. The Bertz CT molecular complexity index is 467. The number of Topliss-reactive ketones (excluding diaryl/α,β-unsaturated/α-hetero) is 1. The van der Waals surface area contributed by atoms with Crippen LogP contribution in [0, 0.1) is 0 Å². The summed E-state index contributed by atoms with van der Waals surface area (Å²) in [7, 11) is 1.39. The van der Waals surface area contributed by atoms with Crippen molar-refractivity contribution in [3.05, 3.63) is 35.9 Å². The lowest BCUT2D eigenvalue weighted by molar-refractivity contribution is -0.123. The Morgan fingerprint density at radius 2 is 1.70 bits per heavy atom. The number of ether oxygens (including phenoxy) is 1. The van der Waals surface area contributed by atoms with Crippen LogP contribution in [0.3, 0.4) is 0 Å². The summed E-state index contributed by atoms with van der Waals surface area (Å²) >= 11 is 0. The Hall–Kier alpha value is -1.88. The summed E-state index contributed by atoms with van der Waals surface area (Å²) < 4.78 is 4.72. The number of carbonyl (C=O) groups is 2. The number of amides is 1. The minimum absolute atomic E-state index is 0.128. The summed E-state index contributed by atoms with van der Waals surface area (Å²) in [6.45, 7) is 4.14. The van der Waals surface area contributed by atoms with E-state index < -0.39 is 0 Å². The van der Waals surface area contributed by atoms with Crippen molar-refractivity contribution >= 4 is 11.9 Å². The maximum Gasteiger partial charge on any atom is 0.409 e. The molecule has 1 aromatic rings. The predicted molar refractivity (Wildman–Crippen MR) is 75.4 cm³/mol. The fourth-order valence-corrected chi connectivity index (χ4v) is 2.63. The molecule has 0 spiro atoms. The molecular weight excluding hydrogens is 256 g/mol. The van der Waals surface area contributed by atoms with Crippen LogP contribution in [0.2, 0.25) is 0 Å². The highest BCUT2D eigenvalue weighted by molar-refractivity contribution is 5.83. The zero-order valence-electron chi connectivity index (χ0n) is 11.9. The Morgan fingerprint density at radius 3 is 2.20 bits per heavy atom. The molecule has 0 aromatic heterocycles. The molecule has 0 saturated carbocycles. The summed E-state index contributed by atoms with van der Waals surface area (Å²) in [6.07, 6.45) is -0.302. The summed E-state index contributed by atoms with van der Waals surface area (Å²) in [5, 5.41) is 0. The number of hydrogen-bond acceptors (Lipinski definition) is 4. The van der Waals surface area contributed by atoms with E-state index in [0.29, 0.717) is 26.2 Å². The third-order valence-corrected chi connectivity index (χ3v) is 3.61. The maximum atomic E-state index is 12.0. The van der Waals surface area contributed by atoms with Crippen LogP contribution >= 0.6 is 0 Å². The fraction of sp³-hybridized carbons (Fsp3) is 0.467. The zero-order chi connectivity index (χ0) is 14.5. The molecular formula is C15H20N2O3. The van der Waals surface area contributed by atoms with Gasteiger partial charge in [0, 0.05) is 26.2 Å². The highest BCUT2D eigenvalue weighted by atomic mass is 16.5. The first kappa shape index (κ1) is 14.5. The van der Waals surface area contributed by atoms with Crippen molar-refractivity contribution in [2.45, 2.75) is 13.0 Å². The minimum Gasteiger partial charge on any atom is -0.453 e. The fourth-order valence-electron chi connectivity index (χ4n) is 2.63. The smallest absolute Gasteiger partial charge is 0.409 e. The first-order valence-corrected chi connectivity index (χ1v) is 6.76. The first-order chi connectivity index (χ1) is 9.63. The second-order valence-electron chi connectivity index (χ2n) is 4.92. The topological polar surface area (TPSA) is 49.9 Å². The average Bonchev–Trinajstić information content (AvgIpc) is 2.48. The largest absolute Gasteiger partial charge is 0.453 e. The molecule has 108 valence electrons. The molecule has 1 heterocycles. The van der Waals surface area contributed by atoms with Crippen LogP contribution < -0.4 is 0 Å². The lowest BCUT2D eigenvalue weighted by Crippen LogP contribution is -2.50. The molecule has 1 aliphatic rings. The minimum atomic E-state index is -0.302. The van der Waals surface area contributed by atoms with Gasteiger partial charge in [0.25, 0.3) is 0 Å². The van der Waals surface area contributed by atoms with Gasteiger partial charge in [-0.1, -0.05) is 30.3 Å². The predicted octanol–water partition coefficient (Wildman–Crippen LogP) is 1.70. The van der Waals surface area contributed by atoms with Crippen molar-refractivity contribution in [3.8, 4) is 0 Å². The van der Waals surface area contributed by atoms with Crippen molar-refractivity contribution in [2.75, 3.05) is 33.3 Å². The van der Waals surface area contributed by atoms with Crippen molar-refractivity contribution in [3.63, 3.8) is 0 Å². The van der Waals surface area contributed by atoms with Crippen LogP contribution in [0.25, 0.3) is 0 Å². The average molecular weight is 276 g/mol. The van der Waals surface area contributed by atoms with E-state index in [9.17, 15) is 9.59 Å². The van der Waals surface area contributed by atoms with Crippen LogP contribution in [0.1, 0.15) is 18.5 Å². The van der Waals surface area contributed by atoms with Gasteiger partial charge in [-0.3, -0.25) is 9.69 Å². The summed E-state index contributed by atoms with van der Waals surface area (Å²) in [4.78, 5) is 27.2. The highest BCUT2D eigenvalue weighted by Gasteiger charge is 2.29. The first-order valence-electron chi connectivity index (χ1n) is 6.76. The molecule has 2 rings (SSSR count). The van der Waals surface area contributed by atoms with Gasteiger partial charge < -0.3 is 9.64 Å². The third kappa shape index (κ3) is 3.17.